The Kier molecular flexibility index (Phi) is 10.7. The fourth-order valence-electron chi connectivity index (χ4n) is 6.75. The number of carbonyl (C=O) groups excluding carboxylic acids is 1. The minimum absolute atomic E-state index is 0.0200. The Hall–Kier alpha value is -1.66. The molecule has 3 aliphatic rings. The molecule has 1 aromatic rings. The lowest BCUT2D eigenvalue weighted by molar-refractivity contribution is -0.0741. The summed E-state index contributed by atoms with van der Waals surface area (Å²) in [6, 6.07) is 2.90. The van der Waals surface area contributed by atoms with Gasteiger partial charge in [-0.2, -0.15) is 4.39 Å². The molecule has 208 valence electrons. The van der Waals surface area contributed by atoms with Crippen LogP contribution in [0.25, 0.3) is 0 Å². The van der Waals surface area contributed by atoms with Crippen molar-refractivity contribution in [3.05, 3.63) is 23.5 Å². The zero-order valence-corrected chi connectivity index (χ0v) is 22.9. The van der Waals surface area contributed by atoms with Crippen molar-refractivity contribution >= 4 is 5.78 Å². The number of hydrogen-bond acceptors (Lipinski definition) is 5. The summed E-state index contributed by atoms with van der Waals surface area (Å²) in [4.78, 5) is 12.8. The first-order valence-corrected chi connectivity index (χ1v) is 14.9. The molecule has 0 bridgehead atoms. The fourth-order valence-corrected chi connectivity index (χ4v) is 6.75. The third-order valence-electron chi connectivity index (χ3n) is 9.04. The minimum Gasteiger partial charge on any atom is -0.504 e. The van der Waals surface area contributed by atoms with E-state index in [1.807, 2.05) is 0 Å². The maximum Gasteiger partial charge on any atom is 0.207 e. The second-order valence-electron chi connectivity index (χ2n) is 11.7. The maximum absolute atomic E-state index is 14.3. The molecule has 0 radical (unpaired) electrons. The number of carbonyl (C=O) groups is 1. The molecule has 4 rings (SSSR count). The molecular weight excluding hydrogens is 471 g/mol. The monoisotopic (exact) mass is 518 g/mol. The van der Waals surface area contributed by atoms with Crippen LogP contribution in [0.3, 0.4) is 0 Å². The number of benzene rings is 1. The van der Waals surface area contributed by atoms with Gasteiger partial charge in [0, 0.05) is 19.6 Å². The van der Waals surface area contributed by atoms with Crippen molar-refractivity contribution in [2.75, 3.05) is 19.8 Å². The number of hydrogen-bond donors (Lipinski definition) is 1. The molecule has 2 unspecified atom stereocenters. The van der Waals surface area contributed by atoms with Gasteiger partial charge in [0.25, 0.3) is 0 Å². The number of ether oxygens (including phenoxy) is 3. The van der Waals surface area contributed by atoms with E-state index in [-0.39, 0.29) is 23.0 Å². The SMILES string of the molecule is CCCC1CCC(C2CCC(OCC3CCC(CC(=O)c4ccc(OCC)c(F)c4O)CC3)CC2)OC1. The number of phenols is 1. The van der Waals surface area contributed by atoms with Crippen molar-refractivity contribution in [1.82, 2.24) is 0 Å². The van der Waals surface area contributed by atoms with E-state index in [0.717, 1.165) is 57.7 Å². The van der Waals surface area contributed by atoms with E-state index in [9.17, 15) is 14.3 Å². The summed E-state index contributed by atoms with van der Waals surface area (Å²) in [5.74, 6) is 0.651. The first-order valence-electron chi connectivity index (χ1n) is 14.9. The summed E-state index contributed by atoms with van der Waals surface area (Å²) >= 11 is 0. The number of Topliss-reactive ketones (excluding diaryl/α,β-unsaturated/α-hetero) is 1. The third kappa shape index (κ3) is 7.69. The topological polar surface area (TPSA) is 65.0 Å². The highest BCUT2D eigenvalue weighted by Crippen LogP contribution is 2.37. The lowest BCUT2D eigenvalue weighted by Gasteiger charge is -2.38. The van der Waals surface area contributed by atoms with Crippen molar-refractivity contribution in [1.29, 1.82) is 0 Å². The van der Waals surface area contributed by atoms with Crippen LogP contribution < -0.4 is 4.74 Å². The second kappa shape index (κ2) is 13.9. The van der Waals surface area contributed by atoms with Gasteiger partial charge in [-0.05, 0) is 113 Å². The summed E-state index contributed by atoms with van der Waals surface area (Å²) in [7, 11) is 0. The highest BCUT2D eigenvalue weighted by atomic mass is 19.1. The molecule has 0 aromatic heterocycles. The quantitative estimate of drug-likeness (QED) is 0.308. The summed E-state index contributed by atoms with van der Waals surface area (Å²) in [6.07, 6.45) is 15.1. The normalized spacial score (nSPS) is 30.7. The molecule has 6 heteroatoms. The van der Waals surface area contributed by atoms with Gasteiger partial charge in [0.05, 0.1) is 24.4 Å². The predicted molar refractivity (Wildman–Crippen MR) is 143 cm³/mol. The Balaban J connectivity index is 1.12. The summed E-state index contributed by atoms with van der Waals surface area (Å²) in [5.41, 5.74) is 0.0569. The standard InChI is InChI=1S/C31H47FO5/c1-3-5-22-10-16-28(37-20-22)24-11-13-25(14-12-24)36-19-23-8-6-21(7-9-23)18-27(33)26-15-17-29(35-4-2)30(32)31(26)34/h15,17,21-25,28,34H,3-14,16,18-20H2,1-2H3. The zero-order chi connectivity index (χ0) is 26.2. The van der Waals surface area contributed by atoms with Crippen LogP contribution in [0.4, 0.5) is 4.39 Å². The van der Waals surface area contributed by atoms with Crippen LogP contribution in [0.15, 0.2) is 12.1 Å². The van der Waals surface area contributed by atoms with E-state index in [4.69, 9.17) is 14.2 Å². The van der Waals surface area contributed by atoms with Crippen LogP contribution in [0, 0.1) is 29.5 Å². The van der Waals surface area contributed by atoms with Gasteiger partial charge in [0.2, 0.25) is 5.82 Å². The van der Waals surface area contributed by atoms with Gasteiger partial charge in [0.15, 0.2) is 17.3 Å². The molecule has 1 aliphatic heterocycles. The van der Waals surface area contributed by atoms with E-state index >= 15 is 0 Å². The number of rotatable bonds is 11. The van der Waals surface area contributed by atoms with Crippen molar-refractivity contribution in [2.45, 2.75) is 110 Å². The van der Waals surface area contributed by atoms with Crippen LogP contribution in [0.5, 0.6) is 11.5 Å². The zero-order valence-electron chi connectivity index (χ0n) is 22.9. The summed E-state index contributed by atoms with van der Waals surface area (Å²) < 4.78 is 32.1. The Morgan fingerprint density at radius 3 is 2.32 bits per heavy atom. The van der Waals surface area contributed by atoms with Gasteiger partial charge in [-0.3, -0.25) is 4.79 Å². The first kappa shape index (κ1) is 28.4. The number of aromatic hydroxyl groups is 1. The summed E-state index contributed by atoms with van der Waals surface area (Å²) in [5, 5.41) is 10.2. The van der Waals surface area contributed by atoms with E-state index in [2.05, 4.69) is 6.92 Å². The van der Waals surface area contributed by atoms with Crippen LogP contribution in [-0.2, 0) is 9.47 Å². The van der Waals surface area contributed by atoms with Crippen molar-refractivity contribution in [3.8, 4) is 11.5 Å². The van der Waals surface area contributed by atoms with Gasteiger partial charge in [-0.15, -0.1) is 0 Å². The lowest BCUT2D eigenvalue weighted by Crippen LogP contribution is -2.35. The van der Waals surface area contributed by atoms with E-state index in [1.54, 1.807) is 6.92 Å². The second-order valence-corrected chi connectivity index (χ2v) is 11.7. The Bertz CT molecular complexity index is 849. The lowest BCUT2D eigenvalue weighted by atomic mass is 9.79. The molecule has 2 aliphatic carbocycles. The molecule has 2 atom stereocenters. The van der Waals surface area contributed by atoms with E-state index in [1.165, 1.54) is 50.7 Å². The predicted octanol–water partition coefficient (Wildman–Crippen LogP) is 7.48. The van der Waals surface area contributed by atoms with Gasteiger partial charge < -0.3 is 19.3 Å². The van der Waals surface area contributed by atoms with Crippen molar-refractivity contribution in [2.24, 2.45) is 23.7 Å². The minimum atomic E-state index is -0.852. The molecule has 0 spiro atoms. The molecular formula is C31H47FO5. The molecule has 2 saturated carbocycles. The van der Waals surface area contributed by atoms with Crippen LogP contribution in [0.1, 0.15) is 108 Å². The van der Waals surface area contributed by atoms with Crippen LogP contribution >= 0.6 is 0 Å². The molecule has 3 fully saturated rings. The Labute approximate surface area is 222 Å². The maximum atomic E-state index is 14.3. The van der Waals surface area contributed by atoms with Crippen LogP contribution in [0.2, 0.25) is 0 Å². The molecule has 1 aromatic carbocycles. The van der Waals surface area contributed by atoms with Crippen molar-refractivity contribution in [3.63, 3.8) is 0 Å². The Morgan fingerprint density at radius 2 is 1.68 bits per heavy atom. The van der Waals surface area contributed by atoms with E-state index in [0.29, 0.717) is 37.1 Å². The fraction of sp³-hybridized carbons (Fsp3) is 0.774. The average Bonchev–Trinajstić information content (AvgIpc) is 2.92. The smallest absolute Gasteiger partial charge is 0.207 e. The number of halogens is 1. The molecule has 37 heavy (non-hydrogen) atoms. The average molecular weight is 519 g/mol. The molecule has 5 nitrogen and oxygen atoms in total. The third-order valence-corrected chi connectivity index (χ3v) is 9.04. The summed E-state index contributed by atoms with van der Waals surface area (Å²) in [6.45, 7) is 6.09. The number of ketones is 1. The highest BCUT2D eigenvalue weighted by molar-refractivity contribution is 5.99. The van der Waals surface area contributed by atoms with Gasteiger partial charge in [-0.25, -0.2) is 0 Å². The first-order chi connectivity index (χ1) is 18.0. The number of phenolic OH excluding ortho intramolecular Hbond substituents is 1. The van der Waals surface area contributed by atoms with Gasteiger partial charge in [0.1, 0.15) is 0 Å². The van der Waals surface area contributed by atoms with E-state index < -0.39 is 11.6 Å². The van der Waals surface area contributed by atoms with Crippen molar-refractivity contribution < 1.29 is 28.5 Å². The molecule has 1 heterocycles. The molecule has 1 saturated heterocycles. The largest absolute Gasteiger partial charge is 0.504 e. The van der Waals surface area contributed by atoms with Gasteiger partial charge in [-0.1, -0.05) is 13.3 Å². The highest BCUT2D eigenvalue weighted by Gasteiger charge is 2.32. The van der Waals surface area contributed by atoms with Gasteiger partial charge >= 0.3 is 0 Å². The van der Waals surface area contributed by atoms with Crippen LogP contribution in [-0.4, -0.2) is 42.9 Å². The Morgan fingerprint density at radius 1 is 0.973 bits per heavy atom. The molecule has 0 amide bonds. The molecule has 1 N–H and O–H groups in total.